The van der Waals surface area contributed by atoms with Gasteiger partial charge in [-0.15, -0.1) is 0 Å². The lowest BCUT2D eigenvalue weighted by Crippen LogP contribution is -2.39. The fourth-order valence-corrected chi connectivity index (χ4v) is 0.786. The molecule has 20 heavy (non-hydrogen) atoms. The minimum Gasteiger partial charge on any atom is -0.341 e. The summed E-state index contributed by atoms with van der Waals surface area (Å²) >= 11 is 0. The Bertz CT molecular complexity index is 327. The maximum absolute atomic E-state index is 11.2. The molecule has 9 nitrogen and oxygen atoms in total. The van der Waals surface area contributed by atoms with Gasteiger partial charge < -0.3 is 30.7 Å². The third-order valence-corrected chi connectivity index (χ3v) is 1.74. The van der Waals surface area contributed by atoms with E-state index in [0.29, 0.717) is 0 Å². The molecule has 0 saturated heterocycles. The van der Waals surface area contributed by atoms with Crippen molar-refractivity contribution < 1.29 is 23.9 Å². The van der Waals surface area contributed by atoms with Crippen LogP contribution in [0.3, 0.4) is 0 Å². The van der Waals surface area contributed by atoms with Crippen molar-refractivity contribution in [3.05, 3.63) is 25.3 Å². The highest BCUT2D eigenvalue weighted by Gasteiger charge is 1.99. The van der Waals surface area contributed by atoms with Gasteiger partial charge in [0.25, 0.3) is 0 Å². The summed E-state index contributed by atoms with van der Waals surface area (Å²) in [6.45, 7) is 6.25. The molecule has 0 bridgehead atoms. The van der Waals surface area contributed by atoms with E-state index in [2.05, 4.69) is 34.4 Å². The predicted octanol–water partition coefficient (Wildman–Crippen LogP) is -1.25. The van der Waals surface area contributed by atoms with E-state index in [1.54, 1.807) is 0 Å². The van der Waals surface area contributed by atoms with Crippen LogP contribution in [0.4, 0.5) is 4.79 Å². The molecule has 4 amide bonds. The van der Waals surface area contributed by atoms with Gasteiger partial charge in [0.05, 0.1) is 0 Å². The second kappa shape index (κ2) is 11.7. The number of amides is 4. The first-order valence-corrected chi connectivity index (χ1v) is 5.58. The molecule has 0 radical (unpaired) electrons. The van der Waals surface area contributed by atoms with Crippen LogP contribution >= 0.6 is 0 Å². The molecule has 0 aromatic rings. The standard InChI is InChI=1S/C11H18N4O5/c1-3-9(16)12-5-19-7-14-11(18)15-8-20-6-13-10(17)4-2/h3-4H,1-2,5-8H2,(H,12,16)(H,13,17)(H2,14,15,18). The van der Waals surface area contributed by atoms with E-state index in [0.717, 1.165) is 12.2 Å². The lowest BCUT2D eigenvalue weighted by atomic mass is 10.6. The Balaban J connectivity index is 3.37. The number of urea groups is 1. The number of hydrogen-bond donors (Lipinski definition) is 4. The van der Waals surface area contributed by atoms with Gasteiger partial charge in [-0.2, -0.15) is 0 Å². The smallest absolute Gasteiger partial charge is 0.318 e. The second-order valence-electron chi connectivity index (χ2n) is 3.16. The molecular formula is C11H18N4O5. The van der Waals surface area contributed by atoms with E-state index < -0.39 is 6.03 Å². The normalized spacial score (nSPS) is 9.20. The van der Waals surface area contributed by atoms with Crippen molar-refractivity contribution in [2.45, 2.75) is 0 Å². The van der Waals surface area contributed by atoms with Crippen molar-refractivity contribution in [1.29, 1.82) is 0 Å². The van der Waals surface area contributed by atoms with Gasteiger partial charge in [0.1, 0.15) is 26.9 Å². The summed E-state index contributed by atoms with van der Waals surface area (Å²) in [5.74, 6) is -0.742. The van der Waals surface area contributed by atoms with Crippen LogP contribution in [-0.4, -0.2) is 44.8 Å². The summed E-state index contributed by atoms with van der Waals surface area (Å²) in [4.78, 5) is 32.6. The van der Waals surface area contributed by atoms with Crippen LogP contribution in [0.15, 0.2) is 25.3 Å². The van der Waals surface area contributed by atoms with Crippen LogP contribution in [0.1, 0.15) is 0 Å². The van der Waals surface area contributed by atoms with Crippen LogP contribution in [0.5, 0.6) is 0 Å². The molecule has 4 N–H and O–H groups in total. The van der Waals surface area contributed by atoms with Crippen molar-refractivity contribution in [2.24, 2.45) is 0 Å². The van der Waals surface area contributed by atoms with E-state index >= 15 is 0 Å². The van der Waals surface area contributed by atoms with Gasteiger partial charge in [0.15, 0.2) is 0 Å². The number of carbonyl (C=O) groups is 3. The molecule has 9 heteroatoms. The Morgan fingerprint density at radius 1 is 0.750 bits per heavy atom. The summed E-state index contributed by atoms with van der Waals surface area (Å²) in [5, 5.41) is 9.42. The van der Waals surface area contributed by atoms with Gasteiger partial charge in [0.2, 0.25) is 11.8 Å². The molecule has 0 rings (SSSR count). The molecule has 0 saturated carbocycles. The van der Waals surface area contributed by atoms with Crippen LogP contribution in [0.2, 0.25) is 0 Å². The summed E-state index contributed by atoms with van der Waals surface area (Å²) in [5.41, 5.74) is 0. The number of rotatable bonds is 10. The van der Waals surface area contributed by atoms with E-state index in [9.17, 15) is 14.4 Å². The van der Waals surface area contributed by atoms with Crippen LogP contribution < -0.4 is 21.3 Å². The first-order valence-electron chi connectivity index (χ1n) is 5.58. The number of hydrogen-bond acceptors (Lipinski definition) is 5. The summed E-state index contributed by atoms with van der Waals surface area (Å²) in [6, 6.07) is -0.518. The first kappa shape index (κ1) is 17.6. The zero-order chi connectivity index (χ0) is 15.2. The molecule has 0 aliphatic carbocycles. The van der Waals surface area contributed by atoms with E-state index in [1.165, 1.54) is 0 Å². The molecule has 0 aromatic heterocycles. The molecule has 0 aliphatic rings. The topological polar surface area (TPSA) is 118 Å². The van der Waals surface area contributed by atoms with Gasteiger partial charge in [0, 0.05) is 0 Å². The zero-order valence-corrected chi connectivity index (χ0v) is 10.9. The SMILES string of the molecule is C=CC(=O)NCOCNC(=O)NCOCNC(=O)C=C. The zero-order valence-electron chi connectivity index (χ0n) is 10.9. The lowest BCUT2D eigenvalue weighted by Gasteiger charge is -2.09. The van der Waals surface area contributed by atoms with E-state index in [-0.39, 0.29) is 38.7 Å². The Hall–Kier alpha value is -2.39. The molecule has 0 aromatic carbocycles. The van der Waals surface area contributed by atoms with Gasteiger partial charge in [-0.05, 0) is 12.2 Å². The molecule has 0 spiro atoms. The van der Waals surface area contributed by atoms with Gasteiger partial charge >= 0.3 is 6.03 Å². The summed E-state index contributed by atoms with van der Waals surface area (Å²) < 4.78 is 9.78. The van der Waals surface area contributed by atoms with Gasteiger partial charge in [-0.3, -0.25) is 9.59 Å². The third-order valence-electron chi connectivity index (χ3n) is 1.74. The number of nitrogens with one attached hydrogen (secondary N) is 4. The highest BCUT2D eigenvalue weighted by atomic mass is 16.5. The van der Waals surface area contributed by atoms with Crippen LogP contribution in [0.25, 0.3) is 0 Å². The van der Waals surface area contributed by atoms with E-state index in [4.69, 9.17) is 9.47 Å². The van der Waals surface area contributed by atoms with Gasteiger partial charge in [-0.25, -0.2) is 4.79 Å². The van der Waals surface area contributed by atoms with Gasteiger partial charge in [-0.1, -0.05) is 13.2 Å². The van der Waals surface area contributed by atoms with Crippen molar-refractivity contribution in [3.8, 4) is 0 Å². The van der Waals surface area contributed by atoms with Crippen molar-refractivity contribution in [1.82, 2.24) is 21.3 Å². The Morgan fingerprint density at radius 2 is 1.10 bits per heavy atom. The predicted molar refractivity (Wildman–Crippen MR) is 70.0 cm³/mol. The van der Waals surface area contributed by atoms with Crippen molar-refractivity contribution in [3.63, 3.8) is 0 Å². The highest BCUT2D eigenvalue weighted by molar-refractivity contribution is 5.87. The Kier molecular flexibility index (Phi) is 10.3. The molecule has 112 valence electrons. The Labute approximate surface area is 116 Å². The fraction of sp³-hybridized carbons (Fsp3) is 0.364. The fourth-order valence-electron chi connectivity index (χ4n) is 0.786. The summed E-state index contributed by atoms with van der Waals surface area (Å²) in [6.07, 6.45) is 2.21. The second-order valence-corrected chi connectivity index (χ2v) is 3.16. The largest absolute Gasteiger partial charge is 0.341 e. The van der Waals surface area contributed by atoms with Crippen LogP contribution in [0, 0.1) is 0 Å². The van der Waals surface area contributed by atoms with Crippen molar-refractivity contribution >= 4 is 17.8 Å². The maximum Gasteiger partial charge on any atom is 0.318 e. The Morgan fingerprint density at radius 3 is 1.45 bits per heavy atom. The monoisotopic (exact) mass is 286 g/mol. The molecule has 0 heterocycles. The molecule has 0 unspecified atom stereocenters. The third kappa shape index (κ3) is 10.7. The maximum atomic E-state index is 11.2. The van der Waals surface area contributed by atoms with E-state index in [1.807, 2.05) is 0 Å². The minimum absolute atomic E-state index is 0.0464. The lowest BCUT2D eigenvalue weighted by molar-refractivity contribution is -0.119. The molecule has 0 aliphatic heterocycles. The minimum atomic E-state index is -0.518. The molecule has 0 fully saturated rings. The number of carbonyl (C=O) groups excluding carboxylic acids is 3. The van der Waals surface area contributed by atoms with Crippen LogP contribution in [-0.2, 0) is 19.1 Å². The average Bonchev–Trinajstić information content (AvgIpc) is 2.45. The number of ether oxygens (including phenoxy) is 2. The molecular weight excluding hydrogens is 268 g/mol. The first-order chi connectivity index (χ1) is 9.60. The molecule has 0 atom stereocenters. The summed E-state index contributed by atoms with van der Waals surface area (Å²) in [7, 11) is 0. The quantitative estimate of drug-likeness (QED) is 0.227. The average molecular weight is 286 g/mol. The van der Waals surface area contributed by atoms with Crippen molar-refractivity contribution in [2.75, 3.05) is 26.9 Å². The highest BCUT2D eigenvalue weighted by Crippen LogP contribution is 1.73.